The number of rotatable bonds is 3. The Bertz CT molecular complexity index is 392. The number of nitrogens with one attached hydrogen (secondary N) is 2. The molecule has 1 amide bonds. The predicted octanol–water partition coefficient (Wildman–Crippen LogP) is 1.61. The monoisotopic (exact) mass is 346 g/mol. The molecular formula is C12H15IN2O2. The molecule has 2 rings (SSSR count). The van der Waals surface area contributed by atoms with E-state index in [1.165, 1.54) is 0 Å². The summed E-state index contributed by atoms with van der Waals surface area (Å²) in [6.45, 7) is 2.16. The fourth-order valence-electron chi connectivity index (χ4n) is 1.74. The van der Waals surface area contributed by atoms with Gasteiger partial charge in [-0.3, -0.25) is 4.79 Å². The van der Waals surface area contributed by atoms with Crippen molar-refractivity contribution in [2.75, 3.05) is 25.1 Å². The summed E-state index contributed by atoms with van der Waals surface area (Å²) >= 11 is 2.21. The molecule has 1 aromatic rings. The fourth-order valence-corrected chi connectivity index (χ4v) is 2.26. The van der Waals surface area contributed by atoms with Crippen LogP contribution in [0.3, 0.4) is 0 Å². The van der Waals surface area contributed by atoms with Crippen molar-refractivity contribution in [1.82, 2.24) is 5.32 Å². The van der Waals surface area contributed by atoms with Crippen LogP contribution < -0.4 is 10.6 Å². The van der Waals surface area contributed by atoms with Crippen LogP contribution in [0.15, 0.2) is 24.3 Å². The van der Waals surface area contributed by atoms with E-state index >= 15 is 0 Å². The molecule has 0 bridgehead atoms. The number of ether oxygens (including phenoxy) is 1. The van der Waals surface area contributed by atoms with Crippen molar-refractivity contribution in [2.45, 2.75) is 12.5 Å². The molecule has 1 unspecified atom stereocenters. The lowest BCUT2D eigenvalue weighted by molar-refractivity contribution is -0.117. The SMILES string of the molecule is O=C(CC1COCCN1)Nc1ccccc1I. The number of para-hydroxylation sites is 1. The molecule has 2 N–H and O–H groups in total. The molecule has 1 aliphatic heterocycles. The van der Waals surface area contributed by atoms with Gasteiger partial charge < -0.3 is 15.4 Å². The van der Waals surface area contributed by atoms with Gasteiger partial charge in [0.15, 0.2) is 0 Å². The van der Waals surface area contributed by atoms with E-state index in [1.807, 2.05) is 24.3 Å². The van der Waals surface area contributed by atoms with Gasteiger partial charge in [0.05, 0.1) is 18.9 Å². The van der Waals surface area contributed by atoms with Gasteiger partial charge in [-0.15, -0.1) is 0 Å². The van der Waals surface area contributed by atoms with E-state index in [1.54, 1.807) is 0 Å². The lowest BCUT2D eigenvalue weighted by Gasteiger charge is -2.23. The van der Waals surface area contributed by atoms with Crippen LogP contribution >= 0.6 is 22.6 Å². The number of carbonyl (C=O) groups is 1. The van der Waals surface area contributed by atoms with Crippen molar-refractivity contribution >= 4 is 34.2 Å². The minimum Gasteiger partial charge on any atom is -0.378 e. The standard InChI is InChI=1S/C12H15IN2O2/c13-10-3-1-2-4-11(10)15-12(16)7-9-8-17-6-5-14-9/h1-4,9,14H,5-8H2,(H,15,16). The Balaban J connectivity index is 1.86. The minimum absolute atomic E-state index is 0.0251. The van der Waals surface area contributed by atoms with Gasteiger partial charge in [0.1, 0.15) is 0 Å². The van der Waals surface area contributed by atoms with Crippen LogP contribution in [0.2, 0.25) is 0 Å². The molecule has 1 atom stereocenters. The second kappa shape index (κ2) is 6.32. The number of morpholine rings is 1. The highest BCUT2D eigenvalue weighted by Crippen LogP contribution is 2.17. The molecule has 1 heterocycles. The van der Waals surface area contributed by atoms with Crippen molar-refractivity contribution in [3.8, 4) is 0 Å². The van der Waals surface area contributed by atoms with Crippen LogP contribution in [0.1, 0.15) is 6.42 Å². The number of carbonyl (C=O) groups excluding carboxylic acids is 1. The molecule has 92 valence electrons. The first-order valence-corrected chi connectivity index (χ1v) is 6.69. The summed E-state index contributed by atoms with van der Waals surface area (Å²) in [7, 11) is 0. The molecular weight excluding hydrogens is 331 g/mol. The molecule has 5 heteroatoms. The van der Waals surface area contributed by atoms with Gasteiger partial charge in [0, 0.05) is 22.6 Å². The van der Waals surface area contributed by atoms with Crippen LogP contribution in [0.4, 0.5) is 5.69 Å². The molecule has 17 heavy (non-hydrogen) atoms. The second-order valence-electron chi connectivity index (χ2n) is 3.96. The first kappa shape index (κ1) is 12.8. The molecule has 0 saturated carbocycles. The van der Waals surface area contributed by atoms with E-state index in [0.29, 0.717) is 13.0 Å². The van der Waals surface area contributed by atoms with E-state index in [2.05, 4.69) is 33.2 Å². The van der Waals surface area contributed by atoms with Gasteiger partial charge in [0.25, 0.3) is 0 Å². The van der Waals surface area contributed by atoms with Crippen molar-refractivity contribution in [3.63, 3.8) is 0 Å². The van der Waals surface area contributed by atoms with E-state index in [9.17, 15) is 4.79 Å². The lowest BCUT2D eigenvalue weighted by atomic mass is 10.2. The predicted molar refractivity (Wildman–Crippen MR) is 75.0 cm³/mol. The average molecular weight is 346 g/mol. The molecule has 1 aromatic carbocycles. The topological polar surface area (TPSA) is 50.4 Å². The molecule has 0 aromatic heterocycles. The fraction of sp³-hybridized carbons (Fsp3) is 0.417. The van der Waals surface area contributed by atoms with Crippen molar-refractivity contribution in [2.24, 2.45) is 0 Å². The van der Waals surface area contributed by atoms with Crippen LogP contribution in [-0.4, -0.2) is 31.7 Å². The molecule has 1 saturated heterocycles. The maximum absolute atomic E-state index is 11.8. The number of benzene rings is 1. The molecule has 0 aliphatic carbocycles. The highest BCUT2D eigenvalue weighted by Gasteiger charge is 2.17. The van der Waals surface area contributed by atoms with E-state index < -0.39 is 0 Å². The molecule has 1 aliphatic rings. The quantitative estimate of drug-likeness (QED) is 0.818. The zero-order chi connectivity index (χ0) is 12.1. The van der Waals surface area contributed by atoms with Gasteiger partial charge in [0.2, 0.25) is 5.91 Å². The third-order valence-corrected chi connectivity index (χ3v) is 3.52. The number of anilines is 1. The first-order valence-electron chi connectivity index (χ1n) is 5.61. The Morgan fingerprint density at radius 1 is 1.53 bits per heavy atom. The summed E-state index contributed by atoms with van der Waals surface area (Å²) in [6.07, 6.45) is 0.449. The average Bonchev–Trinajstić information content (AvgIpc) is 2.33. The number of hydrogen-bond acceptors (Lipinski definition) is 3. The van der Waals surface area contributed by atoms with Gasteiger partial charge in [-0.1, -0.05) is 12.1 Å². The van der Waals surface area contributed by atoms with Crippen LogP contribution in [0.5, 0.6) is 0 Å². The van der Waals surface area contributed by atoms with E-state index in [0.717, 1.165) is 22.4 Å². The minimum atomic E-state index is 0.0251. The first-order chi connectivity index (χ1) is 8.25. The molecule has 0 radical (unpaired) electrons. The number of hydrogen-bond donors (Lipinski definition) is 2. The highest BCUT2D eigenvalue weighted by molar-refractivity contribution is 14.1. The summed E-state index contributed by atoms with van der Waals surface area (Å²) in [5, 5.41) is 6.18. The summed E-state index contributed by atoms with van der Waals surface area (Å²) < 4.78 is 6.36. The van der Waals surface area contributed by atoms with Gasteiger partial charge >= 0.3 is 0 Å². The smallest absolute Gasteiger partial charge is 0.226 e. The van der Waals surface area contributed by atoms with Crippen molar-refractivity contribution in [1.29, 1.82) is 0 Å². The Morgan fingerprint density at radius 2 is 2.35 bits per heavy atom. The van der Waals surface area contributed by atoms with Crippen LogP contribution in [0, 0.1) is 3.57 Å². The highest BCUT2D eigenvalue weighted by atomic mass is 127. The van der Waals surface area contributed by atoms with Gasteiger partial charge in [-0.2, -0.15) is 0 Å². The second-order valence-corrected chi connectivity index (χ2v) is 5.12. The molecule has 1 fully saturated rings. The third kappa shape index (κ3) is 3.93. The zero-order valence-electron chi connectivity index (χ0n) is 9.41. The van der Waals surface area contributed by atoms with E-state index in [-0.39, 0.29) is 11.9 Å². The Hall–Kier alpha value is -0.660. The van der Waals surface area contributed by atoms with Gasteiger partial charge in [-0.25, -0.2) is 0 Å². The summed E-state index contributed by atoms with van der Waals surface area (Å²) in [5.74, 6) is 0.0251. The van der Waals surface area contributed by atoms with Crippen LogP contribution in [0.25, 0.3) is 0 Å². The molecule has 0 spiro atoms. The Kier molecular flexibility index (Phi) is 4.75. The van der Waals surface area contributed by atoms with Gasteiger partial charge in [-0.05, 0) is 34.7 Å². The Morgan fingerprint density at radius 3 is 3.06 bits per heavy atom. The zero-order valence-corrected chi connectivity index (χ0v) is 11.6. The van der Waals surface area contributed by atoms with Crippen LogP contribution in [-0.2, 0) is 9.53 Å². The summed E-state index contributed by atoms with van der Waals surface area (Å²) in [6, 6.07) is 7.88. The molecule has 4 nitrogen and oxygen atoms in total. The summed E-state index contributed by atoms with van der Waals surface area (Å²) in [4.78, 5) is 11.8. The van der Waals surface area contributed by atoms with Crippen molar-refractivity contribution in [3.05, 3.63) is 27.8 Å². The number of halogens is 1. The van der Waals surface area contributed by atoms with Crippen molar-refractivity contribution < 1.29 is 9.53 Å². The maximum atomic E-state index is 11.8. The lowest BCUT2D eigenvalue weighted by Crippen LogP contribution is -2.43. The van der Waals surface area contributed by atoms with E-state index in [4.69, 9.17) is 4.74 Å². The summed E-state index contributed by atoms with van der Waals surface area (Å²) in [5.41, 5.74) is 0.870. The largest absolute Gasteiger partial charge is 0.378 e. The third-order valence-electron chi connectivity index (χ3n) is 2.58. The normalized spacial score (nSPS) is 19.9. The maximum Gasteiger partial charge on any atom is 0.226 e. The Labute approximate surface area is 114 Å². The number of amides is 1.